The Bertz CT molecular complexity index is 103. The minimum atomic E-state index is 0. The van der Waals surface area contributed by atoms with E-state index in [1.54, 1.807) is 0 Å². The van der Waals surface area contributed by atoms with Gasteiger partial charge < -0.3 is 0 Å². The average Bonchev–Trinajstić information content (AvgIpc) is 1.88. The first-order chi connectivity index (χ1) is 4.75. The van der Waals surface area contributed by atoms with Crippen molar-refractivity contribution in [2.75, 3.05) is 33.4 Å². The van der Waals surface area contributed by atoms with Crippen LogP contribution in [0.3, 0.4) is 0 Å². The summed E-state index contributed by atoms with van der Waals surface area (Å²) in [4.78, 5) is 4.79. The van der Waals surface area contributed by atoms with Gasteiger partial charge in [-0.2, -0.15) is 0 Å². The van der Waals surface area contributed by atoms with Crippen molar-refractivity contribution in [1.82, 2.24) is 9.80 Å². The molecule has 68 valence electrons. The van der Waals surface area contributed by atoms with Gasteiger partial charge in [0.05, 0.1) is 0 Å². The molecule has 4 heteroatoms. The first-order valence-corrected chi connectivity index (χ1v) is 4.98. The van der Waals surface area contributed by atoms with Crippen molar-refractivity contribution in [2.24, 2.45) is 0 Å². The molecular weight excluding hydrogens is 180 g/mol. The number of rotatable bonds is 1. The lowest BCUT2D eigenvalue weighted by Crippen LogP contribution is -2.47. The second-order valence-electron chi connectivity index (χ2n) is 2.88. The molecule has 0 amide bonds. The number of hydrogen-bond acceptors (Lipinski definition) is 3. The van der Waals surface area contributed by atoms with Gasteiger partial charge >= 0.3 is 0 Å². The van der Waals surface area contributed by atoms with Gasteiger partial charge in [-0.25, -0.2) is 0 Å². The highest BCUT2D eigenvalue weighted by Gasteiger charge is 2.21. The lowest BCUT2D eigenvalue weighted by molar-refractivity contribution is 0.106. The molecule has 0 aromatic rings. The van der Waals surface area contributed by atoms with E-state index in [9.17, 15) is 0 Å². The molecule has 0 unspecified atom stereocenters. The normalized spacial score (nSPS) is 23.2. The number of nitrogens with zero attached hydrogens (tertiary/aromatic N) is 2. The van der Waals surface area contributed by atoms with Gasteiger partial charge in [-0.15, -0.1) is 24.2 Å². The van der Waals surface area contributed by atoms with E-state index in [4.69, 9.17) is 0 Å². The highest BCUT2D eigenvalue weighted by molar-refractivity contribution is 7.99. The van der Waals surface area contributed by atoms with Crippen molar-refractivity contribution in [3.8, 4) is 0 Å². The third kappa shape index (κ3) is 2.82. The molecule has 1 saturated heterocycles. The van der Waals surface area contributed by atoms with Crippen LogP contribution in [0.25, 0.3) is 0 Å². The van der Waals surface area contributed by atoms with Crippen LogP contribution in [0.2, 0.25) is 0 Å². The number of thioether (sulfide) groups is 1. The largest absolute Gasteiger partial charge is 0.282 e. The standard InChI is InChI=1S/C7H16N2S.ClH/c1-8-5-4-6-9(2)7(8)10-3;/h7H,4-6H2,1-3H3;1H. The van der Waals surface area contributed by atoms with Gasteiger partial charge in [0, 0.05) is 13.1 Å². The van der Waals surface area contributed by atoms with Crippen LogP contribution in [0.4, 0.5) is 0 Å². The predicted molar refractivity (Wildman–Crippen MR) is 54.4 cm³/mol. The first kappa shape index (κ1) is 11.6. The van der Waals surface area contributed by atoms with Gasteiger partial charge in [-0.1, -0.05) is 0 Å². The van der Waals surface area contributed by atoms with Crippen molar-refractivity contribution in [1.29, 1.82) is 0 Å². The van der Waals surface area contributed by atoms with Crippen LogP contribution < -0.4 is 0 Å². The maximum atomic E-state index is 2.40. The summed E-state index contributed by atoms with van der Waals surface area (Å²) in [5.74, 6) is 0. The van der Waals surface area contributed by atoms with E-state index in [1.165, 1.54) is 19.5 Å². The molecule has 0 aromatic heterocycles. The quantitative estimate of drug-likeness (QED) is 0.625. The molecule has 0 N–H and O–H groups in total. The van der Waals surface area contributed by atoms with E-state index in [0.29, 0.717) is 5.50 Å². The summed E-state index contributed by atoms with van der Waals surface area (Å²) in [6, 6.07) is 0. The smallest absolute Gasteiger partial charge is 0.110 e. The molecule has 11 heavy (non-hydrogen) atoms. The molecule has 1 rings (SSSR count). The molecule has 0 atom stereocenters. The molecule has 1 aliphatic rings. The fraction of sp³-hybridized carbons (Fsp3) is 1.00. The molecule has 0 bridgehead atoms. The zero-order chi connectivity index (χ0) is 7.56. The Morgan fingerprint density at radius 1 is 1.18 bits per heavy atom. The fourth-order valence-electron chi connectivity index (χ4n) is 1.49. The fourth-order valence-corrected chi connectivity index (χ4v) is 2.42. The van der Waals surface area contributed by atoms with Crippen LogP contribution in [0.5, 0.6) is 0 Å². The van der Waals surface area contributed by atoms with E-state index >= 15 is 0 Å². The molecular formula is C7H17ClN2S. The summed E-state index contributed by atoms with van der Waals surface area (Å²) < 4.78 is 0. The molecule has 0 aliphatic carbocycles. The van der Waals surface area contributed by atoms with Crippen LogP contribution in [0.1, 0.15) is 6.42 Å². The Morgan fingerprint density at radius 2 is 1.64 bits per heavy atom. The van der Waals surface area contributed by atoms with Gasteiger partial charge in [-0.05, 0) is 26.8 Å². The summed E-state index contributed by atoms with van der Waals surface area (Å²) in [7, 11) is 4.38. The summed E-state index contributed by atoms with van der Waals surface area (Å²) in [6.07, 6.45) is 3.48. The maximum absolute atomic E-state index is 2.40. The van der Waals surface area contributed by atoms with Crippen LogP contribution in [-0.4, -0.2) is 48.7 Å². The zero-order valence-electron chi connectivity index (χ0n) is 7.41. The molecule has 0 saturated carbocycles. The van der Waals surface area contributed by atoms with E-state index in [2.05, 4.69) is 30.2 Å². The Labute approximate surface area is 79.7 Å². The molecule has 0 aromatic carbocycles. The predicted octanol–water partition coefficient (Wildman–Crippen LogP) is 1.32. The number of hydrogen-bond donors (Lipinski definition) is 0. The van der Waals surface area contributed by atoms with Crippen LogP contribution in [0.15, 0.2) is 0 Å². The van der Waals surface area contributed by atoms with Gasteiger partial charge in [0.2, 0.25) is 0 Å². The van der Waals surface area contributed by atoms with Gasteiger partial charge in [-0.3, -0.25) is 9.80 Å². The average molecular weight is 197 g/mol. The molecule has 1 heterocycles. The van der Waals surface area contributed by atoms with E-state index < -0.39 is 0 Å². The summed E-state index contributed by atoms with van der Waals surface area (Å²) in [5, 5.41) is 0. The lowest BCUT2D eigenvalue weighted by atomic mass is 10.3. The SMILES string of the molecule is CSC1N(C)CCCN1C.Cl. The second kappa shape index (κ2) is 5.25. The van der Waals surface area contributed by atoms with Crippen molar-refractivity contribution >= 4 is 24.2 Å². The zero-order valence-corrected chi connectivity index (χ0v) is 9.04. The topological polar surface area (TPSA) is 6.48 Å². The van der Waals surface area contributed by atoms with Crippen LogP contribution in [0, 0.1) is 0 Å². The second-order valence-corrected chi connectivity index (χ2v) is 3.77. The Balaban J connectivity index is 0.000001000. The molecule has 1 aliphatic heterocycles. The van der Waals surface area contributed by atoms with Crippen LogP contribution >= 0.6 is 24.2 Å². The van der Waals surface area contributed by atoms with Crippen LogP contribution in [-0.2, 0) is 0 Å². The Kier molecular flexibility index (Phi) is 5.52. The van der Waals surface area contributed by atoms with Crippen molar-refractivity contribution in [3.05, 3.63) is 0 Å². The summed E-state index contributed by atoms with van der Waals surface area (Å²) in [6.45, 7) is 2.49. The van der Waals surface area contributed by atoms with Gasteiger partial charge in [0.25, 0.3) is 0 Å². The molecule has 0 spiro atoms. The third-order valence-electron chi connectivity index (χ3n) is 1.99. The van der Waals surface area contributed by atoms with Gasteiger partial charge in [0.1, 0.15) is 5.50 Å². The van der Waals surface area contributed by atoms with Crippen molar-refractivity contribution in [2.45, 2.75) is 11.9 Å². The van der Waals surface area contributed by atoms with E-state index in [1.807, 2.05) is 11.8 Å². The number of halogens is 1. The van der Waals surface area contributed by atoms with Crippen molar-refractivity contribution in [3.63, 3.8) is 0 Å². The first-order valence-electron chi connectivity index (χ1n) is 3.69. The molecule has 1 fully saturated rings. The Hall–Kier alpha value is 0.560. The van der Waals surface area contributed by atoms with E-state index in [-0.39, 0.29) is 12.4 Å². The monoisotopic (exact) mass is 196 g/mol. The minimum absolute atomic E-state index is 0. The third-order valence-corrected chi connectivity index (χ3v) is 3.13. The molecule has 2 nitrogen and oxygen atoms in total. The highest BCUT2D eigenvalue weighted by atomic mass is 35.5. The Morgan fingerprint density at radius 3 is 1.91 bits per heavy atom. The molecule has 0 radical (unpaired) electrons. The van der Waals surface area contributed by atoms with Crippen molar-refractivity contribution < 1.29 is 0 Å². The highest BCUT2D eigenvalue weighted by Crippen LogP contribution is 2.18. The summed E-state index contributed by atoms with van der Waals surface area (Å²) in [5.41, 5.74) is 0.605. The van der Waals surface area contributed by atoms with E-state index in [0.717, 1.165) is 0 Å². The van der Waals surface area contributed by atoms with Gasteiger partial charge in [0.15, 0.2) is 0 Å². The minimum Gasteiger partial charge on any atom is -0.282 e. The maximum Gasteiger partial charge on any atom is 0.110 e. The summed E-state index contributed by atoms with van der Waals surface area (Å²) >= 11 is 1.91. The lowest BCUT2D eigenvalue weighted by Gasteiger charge is -2.38.